The SMILES string of the molecule is CCOC(=O)C(CSc1n[nH]c(C)n1)NC(C)C. The van der Waals surface area contributed by atoms with Crippen molar-refractivity contribution in [2.75, 3.05) is 12.4 Å². The van der Waals surface area contributed by atoms with Crippen LogP contribution >= 0.6 is 11.8 Å². The van der Waals surface area contributed by atoms with E-state index < -0.39 is 0 Å². The standard InChI is InChI=1S/C11H20N4O2S/c1-5-17-10(16)9(12-7(2)3)6-18-11-13-8(4)14-15-11/h7,9,12H,5-6H2,1-4H3,(H,13,14,15). The molecule has 0 spiro atoms. The Hall–Kier alpha value is -1.08. The minimum absolute atomic E-state index is 0.217. The van der Waals surface area contributed by atoms with E-state index in [-0.39, 0.29) is 18.1 Å². The molecule has 1 atom stereocenters. The number of aryl methyl sites for hydroxylation is 1. The molecule has 0 aromatic carbocycles. The van der Waals surface area contributed by atoms with Crippen molar-refractivity contribution in [2.24, 2.45) is 0 Å². The molecule has 0 radical (unpaired) electrons. The summed E-state index contributed by atoms with van der Waals surface area (Å²) >= 11 is 1.43. The van der Waals surface area contributed by atoms with Gasteiger partial charge in [0.1, 0.15) is 11.9 Å². The van der Waals surface area contributed by atoms with E-state index in [0.29, 0.717) is 17.5 Å². The number of carbonyl (C=O) groups excluding carboxylic acids is 1. The summed E-state index contributed by atoms with van der Waals surface area (Å²) in [6, 6.07) is -0.123. The van der Waals surface area contributed by atoms with Crippen LogP contribution in [-0.2, 0) is 9.53 Å². The highest BCUT2D eigenvalue weighted by Crippen LogP contribution is 2.14. The van der Waals surface area contributed by atoms with Crippen molar-refractivity contribution in [2.45, 2.75) is 44.9 Å². The summed E-state index contributed by atoms with van der Waals surface area (Å²) < 4.78 is 5.04. The zero-order valence-corrected chi connectivity index (χ0v) is 12.0. The molecule has 0 aliphatic rings. The maximum atomic E-state index is 11.8. The molecule has 1 aromatic rings. The first-order valence-electron chi connectivity index (χ1n) is 5.97. The second kappa shape index (κ2) is 7.38. The van der Waals surface area contributed by atoms with Crippen LogP contribution in [0.3, 0.4) is 0 Å². The summed E-state index contributed by atoms with van der Waals surface area (Å²) in [4.78, 5) is 15.9. The Labute approximate surface area is 111 Å². The van der Waals surface area contributed by atoms with Crippen molar-refractivity contribution in [1.29, 1.82) is 0 Å². The fourth-order valence-corrected chi connectivity index (χ4v) is 2.23. The first-order valence-corrected chi connectivity index (χ1v) is 6.96. The Morgan fingerprint density at radius 3 is 2.78 bits per heavy atom. The van der Waals surface area contributed by atoms with Crippen LogP contribution in [0.25, 0.3) is 0 Å². The van der Waals surface area contributed by atoms with Gasteiger partial charge in [0, 0.05) is 11.8 Å². The van der Waals surface area contributed by atoms with E-state index in [2.05, 4.69) is 20.5 Å². The number of thioether (sulfide) groups is 1. The molecule has 1 unspecified atom stereocenters. The fraction of sp³-hybridized carbons (Fsp3) is 0.727. The quantitative estimate of drug-likeness (QED) is 0.572. The maximum Gasteiger partial charge on any atom is 0.324 e. The monoisotopic (exact) mass is 272 g/mol. The van der Waals surface area contributed by atoms with Gasteiger partial charge in [0.2, 0.25) is 5.16 Å². The average Bonchev–Trinajstić information content (AvgIpc) is 2.70. The first kappa shape index (κ1) is 15.0. The van der Waals surface area contributed by atoms with Crippen LogP contribution < -0.4 is 5.32 Å². The van der Waals surface area contributed by atoms with E-state index in [1.165, 1.54) is 11.8 Å². The van der Waals surface area contributed by atoms with Crippen LogP contribution in [0.4, 0.5) is 0 Å². The number of carbonyl (C=O) groups is 1. The second-order valence-electron chi connectivity index (χ2n) is 4.14. The topological polar surface area (TPSA) is 79.9 Å². The summed E-state index contributed by atoms with van der Waals surface area (Å²) in [5.41, 5.74) is 0. The minimum Gasteiger partial charge on any atom is -0.465 e. The molecule has 0 amide bonds. The summed E-state index contributed by atoms with van der Waals surface area (Å²) in [6.07, 6.45) is 0. The normalized spacial score (nSPS) is 12.7. The lowest BCUT2D eigenvalue weighted by atomic mass is 10.3. The molecule has 6 nitrogen and oxygen atoms in total. The maximum absolute atomic E-state index is 11.8. The molecule has 1 aromatic heterocycles. The molecule has 18 heavy (non-hydrogen) atoms. The van der Waals surface area contributed by atoms with Crippen LogP contribution in [0.5, 0.6) is 0 Å². The molecular weight excluding hydrogens is 252 g/mol. The Kier molecular flexibility index (Phi) is 6.14. The smallest absolute Gasteiger partial charge is 0.324 e. The number of rotatable bonds is 7. The Bertz CT molecular complexity index is 381. The molecule has 7 heteroatoms. The lowest BCUT2D eigenvalue weighted by molar-refractivity contribution is -0.145. The highest BCUT2D eigenvalue weighted by molar-refractivity contribution is 7.99. The number of ether oxygens (including phenoxy) is 1. The number of aromatic amines is 1. The third kappa shape index (κ3) is 5.05. The highest BCUT2D eigenvalue weighted by Gasteiger charge is 2.21. The van der Waals surface area contributed by atoms with E-state index in [4.69, 9.17) is 4.74 Å². The van der Waals surface area contributed by atoms with Crippen molar-refractivity contribution in [3.05, 3.63) is 5.82 Å². The highest BCUT2D eigenvalue weighted by atomic mass is 32.2. The zero-order valence-electron chi connectivity index (χ0n) is 11.2. The van der Waals surface area contributed by atoms with E-state index >= 15 is 0 Å². The molecule has 0 saturated heterocycles. The molecule has 0 bridgehead atoms. The van der Waals surface area contributed by atoms with Gasteiger partial charge < -0.3 is 10.1 Å². The summed E-state index contributed by atoms with van der Waals surface area (Å²) in [5.74, 6) is 1.09. The lowest BCUT2D eigenvalue weighted by Crippen LogP contribution is -2.43. The van der Waals surface area contributed by atoms with Crippen molar-refractivity contribution in [3.8, 4) is 0 Å². The van der Waals surface area contributed by atoms with Gasteiger partial charge in [-0.2, -0.15) is 0 Å². The molecule has 0 fully saturated rings. The van der Waals surface area contributed by atoms with Gasteiger partial charge in [0.15, 0.2) is 0 Å². The van der Waals surface area contributed by atoms with Crippen molar-refractivity contribution < 1.29 is 9.53 Å². The third-order valence-electron chi connectivity index (χ3n) is 2.06. The molecule has 102 valence electrons. The van der Waals surface area contributed by atoms with Gasteiger partial charge >= 0.3 is 5.97 Å². The zero-order chi connectivity index (χ0) is 13.5. The summed E-state index contributed by atoms with van der Waals surface area (Å²) in [7, 11) is 0. The number of H-pyrrole nitrogens is 1. The molecule has 2 N–H and O–H groups in total. The number of nitrogens with zero attached hydrogens (tertiary/aromatic N) is 2. The number of nitrogens with one attached hydrogen (secondary N) is 2. The van der Waals surface area contributed by atoms with Crippen molar-refractivity contribution in [1.82, 2.24) is 20.5 Å². The predicted octanol–water partition coefficient (Wildman–Crippen LogP) is 1.13. The predicted molar refractivity (Wildman–Crippen MR) is 70.5 cm³/mol. The molecular formula is C11H20N4O2S. The van der Waals surface area contributed by atoms with Crippen molar-refractivity contribution >= 4 is 17.7 Å². The Balaban J connectivity index is 2.52. The van der Waals surface area contributed by atoms with Crippen LogP contribution in [0, 0.1) is 6.92 Å². The van der Waals surface area contributed by atoms with Gasteiger partial charge in [-0.3, -0.25) is 9.89 Å². The number of aromatic nitrogens is 3. The molecule has 0 aliphatic heterocycles. The summed E-state index contributed by atoms with van der Waals surface area (Å²) in [5, 5.41) is 10.6. The van der Waals surface area contributed by atoms with E-state index in [9.17, 15) is 4.79 Å². The van der Waals surface area contributed by atoms with Crippen LogP contribution in [0.15, 0.2) is 5.16 Å². The van der Waals surface area contributed by atoms with Gasteiger partial charge in [-0.1, -0.05) is 25.6 Å². The lowest BCUT2D eigenvalue weighted by Gasteiger charge is -2.18. The van der Waals surface area contributed by atoms with Crippen LogP contribution in [0.2, 0.25) is 0 Å². The largest absolute Gasteiger partial charge is 0.465 e. The number of hydrogen-bond acceptors (Lipinski definition) is 6. The van der Waals surface area contributed by atoms with Gasteiger partial charge in [0.05, 0.1) is 6.61 Å². The molecule has 0 saturated carbocycles. The van der Waals surface area contributed by atoms with Gasteiger partial charge in [-0.15, -0.1) is 5.10 Å². The van der Waals surface area contributed by atoms with Crippen LogP contribution in [0.1, 0.15) is 26.6 Å². The van der Waals surface area contributed by atoms with Gasteiger partial charge in [0.25, 0.3) is 0 Å². The average molecular weight is 272 g/mol. The fourth-order valence-electron chi connectivity index (χ4n) is 1.37. The van der Waals surface area contributed by atoms with E-state index in [1.54, 1.807) is 6.92 Å². The van der Waals surface area contributed by atoms with Crippen LogP contribution in [-0.4, -0.2) is 45.6 Å². The first-order chi connectivity index (χ1) is 8.52. The molecule has 1 heterocycles. The Morgan fingerprint density at radius 1 is 1.56 bits per heavy atom. The number of hydrogen-bond donors (Lipinski definition) is 2. The molecule has 1 rings (SSSR count). The van der Waals surface area contributed by atoms with E-state index in [1.807, 2.05) is 20.8 Å². The van der Waals surface area contributed by atoms with Gasteiger partial charge in [-0.25, -0.2) is 4.98 Å². The third-order valence-corrected chi connectivity index (χ3v) is 3.00. The second-order valence-corrected chi connectivity index (χ2v) is 5.13. The minimum atomic E-state index is -0.339. The van der Waals surface area contributed by atoms with E-state index in [0.717, 1.165) is 5.82 Å². The molecule has 0 aliphatic carbocycles. The van der Waals surface area contributed by atoms with Gasteiger partial charge in [-0.05, 0) is 13.8 Å². The Morgan fingerprint density at radius 2 is 2.28 bits per heavy atom. The summed E-state index contributed by atoms with van der Waals surface area (Å²) in [6.45, 7) is 8.02. The van der Waals surface area contributed by atoms with Crippen molar-refractivity contribution in [3.63, 3.8) is 0 Å². The number of esters is 1.